The summed E-state index contributed by atoms with van der Waals surface area (Å²) in [4.78, 5) is 21.4. The largest absolute Gasteiger partial charge is 0.497 e. The molecule has 2 N–H and O–H groups in total. The van der Waals surface area contributed by atoms with Crippen LogP contribution in [-0.2, 0) is 13.1 Å². The van der Waals surface area contributed by atoms with Gasteiger partial charge in [0.05, 0.1) is 28.6 Å². The number of aromatic hydroxyl groups is 1. The number of rotatable bonds is 6. The summed E-state index contributed by atoms with van der Waals surface area (Å²) < 4.78 is 0. The van der Waals surface area contributed by atoms with Gasteiger partial charge in [-0.3, -0.25) is 30.7 Å². The molecule has 3 aromatic rings. The zero-order chi connectivity index (χ0) is 21.3. The van der Waals surface area contributed by atoms with Crippen LogP contribution in [0.15, 0.2) is 66.7 Å². The number of fused-ring (bicyclic) bond motifs is 1. The van der Waals surface area contributed by atoms with Crippen LogP contribution in [0.2, 0.25) is 0 Å². The highest BCUT2D eigenvalue weighted by Gasteiger charge is 2.41. The quantitative estimate of drug-likeness (QED) is 0.357. The Balaban J connectivity index is 1.83. The highest BCUT2D eigenvalue weighted by molar-refractivity contribution is 5.89. The van der Waals surface area contributed by atoms with Crippen molar-refractivity contribution in [2.45, 2.75) is 13.1 Å². The van der Waals surface area contributed by atoms with Gasteiger partial charge in [-0.15, -0.1) is 5.12 Å². The Hall–Kier alpha value is -4.18. The van der Waals surface area contributed by atoms with Gasteiger partial charge < -0.3 is 5.11 Å². The number of anilines is 2. The van der Waals surface area contributed by atoms with Crippen molar-refractivity contribution in [3.8, 4) is 5.75 Å². The van der Waals surface area contributed by atoms with Crippen molar-refractivity contribution >= 4 is 22.7 Å². The molecule has 0 amide bonds. The smallest absolute Gasteiger partial charge is 0.344 e. The normalized spacial score (nSPS) is 13.0. The van der Waals surface area contributed by atoms with Crippen LogP contribution >= 0.6 is 0 Å². The van der Waals surface area contributed by atoms with Gasteiger partial charge in [-0.2, -0.15) is 0 Å². The zero-order valence-electron chi connectivity index (χ0n) is 15.6. The lowest BCUT2D eigenvalue weighted by Gasteiger charge is -2.29. The SMILES string of the molecule is O=[N+]([O-])c1cc2c(c([N+](=O)[O-])c1O)N(Cc1ccccc1)N(Cc1ccccc1)N2. The lowest BCUT2D eigenvalue weighted by atomic mass is 10.1. The molecule has 0 saturated heterocycles. The molecule has 0 atom stereocenters. The third-order valence-corrected chi connectivity index (χ3v) is 4.76. The van der Waals surface area contributed by atoms with E-state index in [-0.39, 0.29) is 17.9 Å². The number of hydrazine groups is 2. The molecule has 0 aromatic heterocycles. The second-order valence-electron chi connectivity index (χ2n) is 6.70. The van der Waals surface area contributed by atoms with Crippen molar-refractivity contribution in [1.82, 2.24) is 5.12 Å². The summed E-state index contributed by atoms with van der Waals surface area (Å²) in [5, 5.41) is 36.6. The lowest BCUT2D eigenvalue weighted by molar-refractivity contribution is -0.395. The van der Waals surface area contributed by atoms with Gasteiger partial charge in [0.25, 0.3) is 5.75 Å². The first kappa shape index (κ1) is 19.2. The first-order valence-electron chi connectivity index (χ1n) is 9.04. The molecular weight excluding hydrogens is 390 g/mol. The zero-order valence-corrected chi connectivity index (χ0v) is 15.6. The molecule has 0 aliphatic carbocycles. The average Bonchev–Trinajstić information content (AvgIpc) is 3.05. The van der Waals surface area contributed by atoms with Gasteiger partial charge in [0, 0.05) is 6.07 Å². The summed E-state index contributed by atoms with van der Waals surface area (Å²) in [5.74, 6) is -0.967. The minimum Gasteiger partial charge on any atom is -0.497 e. The number of nitro groups is 2. The van der Waals surface area contributed by atoms with Crippen molar-refractivity contribution in [1.29, 1.82) is 0 Å². The van der Waals surface area contributed by atoms with Crippen LogP contribution in [0.5, 0.6) is 5.75 Å². The van der Waals surface area contributed by atoms with E-state index in [1.165, 1.54) is 0 Å². The predicted molar refractivity (Wildman–Crippen MR) is 110 cm³/mol. The maximum absolute atomic E-state index is 11.8. The monoisotopic (exact) mass is 407 g/mol. The van der Waals surface area contributed by atoms with Gasteiger partial charge in [0.15, 0.2) is 5.69 Å². The number of nitro benzene ring substituents is 2. The van der Waals surface area contributed by atoms with E-state index in [0.717, 1.165) is 17.2 Å². The Morgan fingerprint density at radius 3 is 1.97 bits per heavy atom. The molecule has 0 unspecified atom stereocenters. The van der Waals surface area contributed by atoms with Crippen molar-refractivity contribution < 1.29 is 15.0 Å². The molecule has 1 aliphatic heterocycles. The topological polar surface area (TPSA) is 125 Å². The molecule has 0 radical (unpaired) electrons. The molecule has 152 valence electrons. The van der Waals surface area contributed by atoms with Gasteiger partial charge in [-0.1, -0.05) is 60.7 Å². The molecule has 1 aliphatic rings. The number of benzene rings is 3. The molecule has 10 heteroatoms. The van der Waals surface area contributed by atoms with Gasteiger partial charge in [-0.05, 0) is 11.1 Å². The summed E-state index contributed by atoms with van der Waals surface area (Å²) in [5.41, 5.74) is 3.62. The van der Waals surface area contributed by atoms with Crippen LogP contribution in [0.3, 0.4) is 0 Å². The Kier molecular flexibility index (Phi) is 4.90. The van der Waals surface area contributed by atoms with Crippen molar-refractivity contribution in [3.05, 3.63) is 98.1 Å². The lowest BCUT2D eigenvalue weighted by Crippen LogP contribution is -2.40. The van der Waals surface area contributed by atoms with E-state index >= 15 is 0 Å². The second-order valence-corrected chi connectivity index (χ2v) is 6.70. The average molecular weight is 407 g/mol. The van der Waals surface area contributed by atoms with E-state index in [1.54, 1.807) is 10.1 Å². The Labute approximate surface area is 170 Å². The van der Waals surface area contributed by atoms with Crippen molar-refractivity contribution in [2.75, 3.05) is 10.4 Å². The minimum atomic E-state index is -0.967. The van der Waals surface area contributed by atoms with E-state index in [9.17, 15) is 25.3 Å². The molecule has 10 nitrogen and oxygen atoms in total. The van der Waals surface area contributed by atoms with Gasteiger partial charge >= 0.3 is 11.4 Å². The highest BCUT2D eigenvalue weighted by atomic mass is 16.6. The van der Waals surface area contributed by atoms with E-state index in [4.69, 9.17) is 0 Å². The molecule has 0 fully saturated rings. The Morgan fingerprint density at radius 2 is 1.43 bits per heavy atom. The predicted octanol–water partition coefficient (Wildman–Crippen LogP) is 3.97. The standard InChI is InChI=1S/C20H17N5O5/c26-20-17(24(27)28)11-16-18(19(20)25(29)30)22(12-14-7-3-1-4-8-14)23(21-16)13-15-9-5-2-6-10-15/h1-11,21,26H,12-13H2. The van der Waals surface area contributed by atoms with E-state index < -0.39 is 27.0 Å². The molecule has 1 heterocycles. The summed E-state index contributed by atoms with van der Waals surface area (Å²) in [6.45, 7) is 0.597. The molecule has 30 heavy (non-hydrogen) atoms. The molecule has 4 rings (SSSR count). The molecule has 0 spiro atoms. The van der Waals surface area contributed by atoms with Gasteiger partial charge in [-0.25, -0.2) is 0 Å². The Morgan fingerprint density at radius 1 is 0.867 bits per heavy atom. The third-order valence-electron chi connectivity index (χ3n) is 4.76. The first-order valence-corrected chi connectivity index (χ1v) is 9.04. The highest BCUT2D eigenvalue weighted by Crippen LogP contribution is 2.51. The number of nitrogens with zero attached hydrogens (tertiary/aromatic N) is 4. The van der Waals surface area contributed by atoms with Crippen molar-refractivity contribution in [3.63, 3.8) is 0 Å². The number of hydrogen-bond acceptors (Lipinski definition) is 8. The number of phenolic OH excluding ortho intramolecular Hbond substituents is 1. The summed E-state index contributed by atoms with van der Waals surface area (Å²) in [6, 6.07) is 19.8. The molecule has 3 aromatic carbocycles. The fourth-order valence-electron chi connectivity index (χ4n) is 3.42. The first-order chi connectivity index (χ1) is 14.5. The van der Waals surface area contributed by atoms with Crippen LogP contribution < -0.4 is 10.4 Å². The molecule has 0 saturated carbocycles. The number of phenols is 1. The van der Waals surface area contributed by atoms with Gasteiger partial charge in [0.1, 0.15) is 0 Å². The van der Waals surface area contributed by atoms with Gasteiger partial charge in [0.2, 0.25) is 0 Å². The summed E-state index contributed by atoms with van der Waals surface area (Å²) in [6.07, 6.45) is 0. The summed E-state index contributed by atoms with van der Waals surface area (Å²) in [7, 11) is 0. The van der Waals surface area contributed by atoms with Crippen LogP contribution in [0.25, 0.3) is 0 Å². The fourth-order valence-corrected chi connectivity index (χ4v) is 3.42. The van der Waals surface area contributed by atoms with E-state index in [0.29, 0.717) is 6.54 Å². The second kappa shape index (κ2) is 7.68. The van der Waals surface area contributed by atoms with Crippen LogP contribution in [0, 0.1) is 20.2 Å². The number of nitrogens with one attached hydrogen (secondary N) is 1. The van der Waals surface area contributed by atoms with Crippen molar-refractivity contribution in [2.24, 2.45) is 0 Å². The van der Waals surface area contributed by atoms with Crippen LogP contribution in [-0.4, -0.2) is 20.1 Å². The maximum atomic E-state index is 11.8. The number of hydrogen-bond donors (Lipinski definition) is 2. The Bertz CT molecular complexity index is 1110. The van der Waals surface area contributed by atoms with Crippen LogP contribution in [0.1, 0.15) is 11.1 Å². The van der Waals surface area contributed by atoms with E-state index in [1.807, 2.05) is 60.7 Å². The fraction of sp³-hybridized carbons (Fsp3) is 0.100. The third kappa shape index (κ3) is 3.47. The molecule has 0 bridgehead atoms. The van der Waals surface area contributed by atoms with Crippen LogP contribution in [0.4, 0.5) is 22.7 Å². The maximum Gasteiger partial charge on any atom is 0.344 e. The molecular formula is C20H17N5O5. The minimum absolute atomic E-state index is 0.0721. The van der Waals surface area contributed by atoms with E-state index in [2.05, 4.69) is 5.43 Å². The summed E-state index contributed by atoms with van der Waals surface area (Å²) >= 11 is 0.